The van der Waals surface area contributed by atoms with Gasteiger partial charge in [-0.15, -0.1) is 0 Å². The Morgan fingerprint density at radius 1 is 1.43 bits per heavy atom. The number of pyridine rings is 1. The molecule has 0 unspecified atom stereocenters. The molecule has 0 amide bonds. The second kappa shape index (κ2) is 3.99. The molecule has 1 heterocycles. The highest BCUT2D eigenvalue weighted by molar-refractivity contribution is 5.48. The number of nitrogens with one attached hydrogen (secondary N) is 1. The van der Waals surface area contributed by atoms with Crippen molar-refractivity contribution in [2.75, 3.05) is 5.32 Å². The molecule has 1 aliphatic rings. The maximum Gasteiger partial charge on any atom is 0.0558 e. The van der Waals surface area contributed by atoms with Crippen molar-refractivity contribution in [2.45, 2.75) is 39.2 Å². The zero-order valence-corrected chi connectivity index (χ0v) is 8.96. The number of aryl methyl sites for hydroxylation is 1. The van der Waals surface area contributed by atoms with E-state index in [4.69, 9.17) is 0 Å². The zero-order valence-electron chi connectivity index (χ0n) is 8.96. The summed E-state index contributed by atoms with van der Waals surface area (Å²) in [6.45, 7) is 4.46. The fraction of sp³-hybridized carbons (Fsp3) is 0.583. The van der Waals surface area contributed by atoms with Gasteiger partial charge in [-0.1, -0.05) is 13.3 Å². The van der Waals surface area contributed by atoms with Gasteiger partial charge in [-0.05, 0) is 37.3 Å². The molecule has 2 nitrogen and oxygen atoms in total. The molecule has 14 heavy (non-hydrogen) atoms. The van der Waals surface area contributed by atoms with Gasteiger partial charge in [0.05, 0.1) is 11.9 Å². The molecule has 0 radical (unpaired) electrons. The summed E-state index contributed by atoms with van der Waals surface area (Å²) >= 11 is 0. The summed E-state index contributed by atoms with van der Waals surface area (Å²) in [4.78, 5) is 4.15. The molecular formula is C12H18N2. The van der Waals surface area contributed by atoms with E-state index in [1.54, 1.807) is 0 Å². The molecule has 0 aliphatic heterocycles. The van der Waals surface area contributed by atoms with Crippen LogP contribution in [0.15, 0.2) is 18.5 Å². The summed E-state index contributed by atoms with van der Waals surface area (Å²) in [5.41, 5.74) is 2.49. The standard InChI is InChI=1S/C12H18N2/c1-9-4-3-5-11(9)14-12-8-13-7-6-10(12)2/h6-9,11,14H,3-5H2,1-2H3/t9-,11-/m1/s1. The molecule has 1 aromatic rings. The number of hydrogen-bond donors (Lipinski definition) is 1. The van der Waals surface area contributed by atoms with Gasteiger partial charge in [0.2, 0.25) is 0 Å². The first-order chi connectivity index (χ1) is 6.77. The highest BCUT2D eigenvalue weighted by atomic mass is 14.9. The Morgan fingerprint density at radius 2 is 2.29 bits per heavy atom. The van der Waals surface area contributed by atoms with Gasteiger partial charge in [0.1, 0.15) is 0 Å². The van der Waals surface area contributed by atoms with Crippen LogP contribution in [0.5, 0.6) is 0 Å². The number of hydrogen-bond acceptors (Lipinski definition) is 2. The van der Waals surface area contributed by atoms with Gasteiger partial charge in [-0.25, -0.2) is 0 Å². The lowest BCUT2D eigenvalue weighted by Crippen LogP contribution is -2.22. The maximum atomic E-state index is 4.15. The molecule has 0 saturated heterocycles. The molecule has 1 aromatic heterocycles. The molecule has 1 fully saturated rings. The Kier molecular flexibility index (Phi) is 2.71. The van der Waals surface area contributed by atoms with Crippen molar-refractivity contribution in [3.63, 3.8) is 0 Å². The third kappa shape index (κ3) is 1.89. The van der Waals surface area contributed by atoms with Crippen LogP contribution in [0.2, 0.25) is 0 Å². The second-order valence-corrected chi connectivity index (χ2v) is 4.35. The number of nitrogens with zero attached hydrogens (tertiary/aromatic N) is 1. The predicted molar refractivity (Wildman–Crippen MR) is 59.4 cm³/mol. The lowest BCUT2D eigenvalue weighted by atomic mass is 10.1. The largest absolute Gasteiger partial charge is 0.381 e. The van der Waals surface area contributed by atoms with Crippen molar-refractivity contribution in [1.29, 1.82) is 0 Å². The summed E-state index contributed by atoms with van der Waals surface area (Å²) < 4.78 is 0. The predicted octanol–water partition coefficient (Wildman–Crippen LogP) is 2.99. The number of anilines is 1. The lowest BCUT2D eigenvalue weighted by molar-refractivity contribution is 0.556. The molecule has 0 bridgehead atoms. The van der Waals surface area contributed by atoms with Gasteiger partial charge < -0.3 is 5.32 Å². The van der Waals surface area contributed by atoms with E-state index < -0.39 is 0 Å². The quantitative estimate of drug-likeness (QED) is 0.775. The molecule has 1 aliphatic carbocycles. The average Bonchev–Trinajstić information content (AvgIpc) is 2.56. The van der Waals surface area contributed by atoms with Gasteiger partial charge >= 0.3 is 0 Å². The van der Waals surface area contributed by atoms with Crippen LogP contribution >= 0.6 is 0 Å². The Hall–Kier alpha value is -1.05. The molecule has 2 heteroatoms. The van der Waals surface area contributed by atoms with Crippen molar-refractivity contribution in [1.82, 2.24) is 4.98 Å². The normalized spacial score (nSPS) is 26.4. The lowest BCUT2D eigenvalue weighted by Gasteiger charge is -2.19. The van der Waals surface area contributed by atoms with Crippen molar-refractivity contribution < 1.29 is 0 Å². The third-order valence-electron chi connectivity index (χ3n) is 3.24. The van der Waals surface area contributed by atoms with E-state index in [0.29, 0.717) is 6.04 Å². The highest BCUT2D eigenvalue weighted by Gasteiger charge is 2.23. The Balaban J connectivity index is 2.07. The molecule has 0 aromatic carbocycles. The average molecular weight is 190 g/mol. The van der Waals surface area contributed by atoms with Crippen LogP contribution in [0.3, 0.4) is 0 Å². The first-order valence-electron chi connectivity index (χ1n) is 5.44. The number of rotatable bonds is 2. The zero-order chi connectivity index (χ0) is 9.97. The van der Waals surface area contributed by atoms with Crippen LogP contribution in [0.25, 0.3) is 0 Å². The van der Waals surface area contributed by atoms with Gasteiger partial charge in [-0.2, -0.15) is 0 Å². The second-order valence-electron chi connectivity index (χ2n) is 4.35. The van der Waals surface area contributed by atoms with Gasteiger partial charge in [0.25, 0.3) is 0 Å². The molecule has 2 rings (SSSR count). The van der Waals surface area contributed by atoms with Crippen LogP contribution in [-0.2, 0) is 0 Å². The molecule has 2 atom stereocenters. The summed E-state index contributed by atoms with van der Waals surface area (Å²) in [5.74, 6) is 0.801. The van der Waals surface area contributed by atoms with E-state index in [0.717, 1.165) is 5.92 Å². The van der Waals surface area contributed by atoms with Gasteiger partial charge in [0, 0.05) is 12.2 Å². The Labute approximate surface area is 85.7 Å². The van der Waals surface area contributed by atoms with Crippen molar-refractivity contribution in [3.8, 4) is 0 Å². The SMILES string of the molecule is Cc1ccncc1N[C@@H]1CCC[C@H]1C. The number of aromatic nitrogens is 1. The van der Waals surface area contributed by atoms with Gasteiger partial charge in [-0.3, -0.25) is 4.98 Å². The van der Waals surface area contributed by atoms with Gasteiger partial charge in [0.15, 0.2) is 0 Å². The van der Waals surface area contributed by atoms with Crippen molar-refractivity contribution in [3.05, 3.63) is 24.0 Å². The smallest absolute Gasteiger partial charge is 0.0558 e. The van der Waals surface area contributed by atoms with E-state index in [-0.39, 0.29) is 0 Å². The fourth-order valence-corrected chi connectivity index (χ4v) is 2.17. The van der Waals surface area contributed by atoms with Crippen LogP contribution < -0.4 is 5.32 Å². The van der Waals surface area contributed by atoms with Crippen molar-refractivity contribution in [2.24, 2.45) is 5.92 Å². The van der Waals surface area contributed by atoms with E-state index in [9.17, 15) is 0 Å². The minimum Gasteiger partial charge on any atom is -0.381 e. The Morgan fingerprint density at radius 3 is 2.93 bits per heavy atom. The maximum absolute atomic E-state index is 4.15. The van der Waals surface area contributed by atoms with Crippen LogP contribution in [-0.4, -0.2) is 11.0 Å². The topological polar surface area (TPSA) is 24.9 Å². The third-order valence-corrected chi connectivity index (χ3v) is 3.24. The fourth-order valence-electron chi connectivity index (χ4n) is 2.17. The minimum atomic E-state index is 0.651. The van der Waals surface area contributed by atoms with E-state index in [2.05, 4.69) is 30.2 Å². The van der Waals surface area contributed by atoms with Crippen LogP contribution in [0, 0.1) is 12.8 Å². The molecule has 76 valence electrons. The van der Waals surface area contributed by atoms with E-state index in [1.165, 1.54) is 30.5 Å². The van der Waals surface area contributed by atoms with Crippen LogP contribution in [0.1, 0.15) is 31.7 Å². The summed E-state index contributed by atoms with van der Waals surface area (Å²) in [7, 11) is 0. The summed E-state index contributed by atoms with van der Waals surface area (Å²) in [5, 5.41) is 3.60. The minimum absolute atomic E-state index is 0.651. The van der Waals surface area contributed by atoms with E-state index in [1.807, 2.05) is 12.4 Å². The monoisotopic (exact) mass is 190 g/mol. The molecular weight excluding hydrogens is 172 g/mol. The highest BCUT2D eigenvalue weighted by Crippen LogP contribution is 2.28. The van der Waals surface area contributed by atoms with Crippen LogP contribution in [0.4, 0.5) is 5.69 Å². The molecule has 1 N–H and O–H groups in total. The summed E-state index contributed by atoms with van der Waals surface area (Å²) in [6.07, 6.45) is 7.80. The first kappa shape index (κ1) is 9.50. The van der Waals surface area contributed by atoms with Crippen molar-refractivity contribution >= 4 is 5.69 Å². The molecule has 1 saturated carbocycles. The molecule has 0 spiro atoms. The Bertz CT molecular complexity index is 309. The first-order valence-corrected chi connectivity index (χ1v) is 5.44. The van der Waals surface area contributed by atoms with E-state index >= 15 is 0 Å². The summed E-state index contributed by atoms with van der Waals surface area (Å²) in [6, 6.07) is 2.71.